The Balaban J connectivity index is 1.27. The largest absolute Gasteiger partial charge is 0.454 e. The summed E-state index contributed by atoms with van der Waals surface area (Å²) in [4.78, 5) is 48.7. The van der Waals surface area contributed by atoms with Crippen LogP contribution < -0.4 is 20.1 Å². The quantitative estimate of drug-likeness (QED) is 0.550. The van der Waals surface area contributed by atoms with Crippen LogP contribution in [0.5, 0.6) is 11.5 Å². The van der Waals surface area contributed by atoms with Gasteiger partial charge in [0.25, 0.3) is 17.6 Å². The van der Waals surface area contributed by atoms with Gasteiger partial charge in [-0.2, -0.15) is 0 Å². The Hall–Kier alpha value is -3.30. The Morgan fingerprint density at radius 3 is 2.53 bits per heavy atom. The van der Waals surface area contributed by atoms with Gasteiger partial charge in [0, 0.05) is 24.6 Å². The molecule has 30 heavy (non-hydrogen) atoms. The number of amides is 4. The number of fused-ring (bicyclic) bond motifs is 1. The molecule has 160 valence electrons. The van der Waals surface area contributed by atoms with Crippen LogP contribution in [0.15, 0.2) is 18.2 Å². The van der Waals surface area contributed by atoms with E-state index in [4.69, 9.17) is 14.2 Å². The zero-order valence-electron chi connectivity index (χ0n) is 16.8. The third-order valence-corrected chi connectivity index (χ3v) is 5.28. The van der Waals surface area contributed by atoms with E-state index in [1.807, 2.05) is 0 Å². The Morgan fingerprint density at radius 2 is 1.87 bits per heavy atom. The summed E-state index contributed by atoms with van der Waals surface area (Å²) >= 11 is 0. The first-order valence-corrected chi connectivity index (χ1v) is 9.79. The molecule has 2 heterocycles. The molecule has 0 atom stereocenters. The number of hydrogen-bond donors (Lipinski definition) is 2. The standard InChI is InChI=1S/C20H23N3O7/c1-19(2)17(26)23(18(27)22-19)10-16(25)28-11-15(24)21-12-5-6-13-14(9-12)30-20(29-13)7-3-4-8-20/h5-6,9H,3-4,7-8,10-11H2,1-2H3,(H,21,24)(H,22,27). The first-order valence-electron chi connectivity index (χ1n) is 9.79. The summed E-state index contributed by atoms with van der Waals surface area (Å²) < 4.78 is 16.8. The molecule has 10 nitrogen and oxygen atoms in total. The highest BCUT2D eigenvalue weighted by Crippen LogP contribution is 2.47. The molecule has 4 rings (SSSR count). The fourth-order valence-corrected chi connectivity index (χ4v) is 3.77. The van der Waals surface area contributed by atoms with Crippen LogP contribution in [0.4, 0.5) is 10.5 Å². The number of nitrogens with zero attached hydrogens (tertiary/aromatic N) is 1. The van der Waals surface area contributed by atoms with Crippen LogP contribution in [0.2, 0.25) is 0 Å². The zero-order chi connectivity index (χ0) is 21.5. The lowest BCUT2D eigenvalue weighted by molar-refractivity contribution is -0.150. The lowest BCUT2D eigenvalue weighted by Crippen LogP contribution is -2.41. The van der Waals surface area contributed by atoms with E-state index in [1.165, 1.54) is 13.8 Å². The van der Waals surface area contributed by atoms with E-state index >= 15 is 0 Å². The average molecular weight is 417 g/mol. The molecular formula is C20H23N3O7. The third kappa shape index (κ3) is 3.77. The number of anilines is 1. The lowest BCUT2D eigenvalue weighted by Gasteiger charge is -2.21. The smallest absolute Gasteiger partial charge is 0.326 e. The van der Waals surface area contributed by atoms with Crippen molar-refractivity contribution in [2.24, 2.45) is 0 Å². The second-order valence-corrected chi connectivity index (χ2v) is 8.14. The van der Waals surface area contributed by atoms with Crippen molar-refractivity contribution in [3.05, 3.63) is 18.2 Å². The van der Waals surface area contributed by atoms with Crippen LogP contribution in [0.3, 0.4) is 0 Å². The molecule has 0 radical (unpaired) electrons. The first kappa shape index (κ1) is 20.0. The number of hydrogen-bond acceptors (Lipinski definition) is 7. The first-order chi connectivity index (χ1) is 14.2. The van der Waals surface area contributed by atoms with Crippen molar-refractivity contribution in [1.82, 2.24) is 10.2 Å². The van der Waals surface area contributed by atoms with Crippen LogP contribution in [0, 0.1) is 0 Å². The van der Waals surface area contributed by atoms with Crippen molar-refractivity contribution in [3.63, 3.8) is 0 Å². The Bertz CT molecular complexity index is 921. The number of benzene rings is 1. The molecule has 1 spiro atoms. The van der Waals surface area contributed by atoms with Crippen molar-refractivity contribution in [2.45, 2.75) is 50.9 Å². The molecule has 0 bridgehead atoms. The number of carbonyl (C=O) groups is 4. The number of nitrogens with one attached hydrogen (secondary N) is 2. The number of ether oxygens (including phenoxy) is 3. The minimum atomic E-state index is -1.08. The van der Waals surface area contributed by atoms with Crippen LogP contribution in [0.25, 0.3) is 0 Å². The molecule has 2 N–H and O–H groups in total. The number of carbonyl (C=O) groups excluding carboxylic acids is 4. The van der Waals surface area contributed by atoms with Crippen LogP contribution in [0.1, 0.15) is 39.5 Å². The van der Waals surface area contributed by atoms with Gasteiger partial charge < -0.3 is 24.8 Å². The summed E-state index contributed by atoms with van der Waals surface area (Å²) in [6, 6.07) is 4.39. The predicted octanol–water partition coefficient (Wildman–Crippen LogP) is 1.54. The third-order valence-electron chi connectivity index (χ3n) is 5.28. The van der Waals surface area contributed by atoms with E-state index in [-0.39, 0.29) is 0 Å². The average Bonchev–Trinajstić information content (AvgIpc) is 3.33. The molecule has 10 heteroatoms. The van der Waals surface area contributed by atoms with Gasteiger partial charge in [-0.3, -0.25) is 19.3 Å². The van der Waals surface area contributed by atoms with Crippen LogP contribution in [-0.4, -0.2) is 53.2 Å². The van der Waals surface area contributed by atoms with E-state index in [1.54, 1.807) is 18.2 Å². The molecule has 0 unspecified atom stereocenters. The van der Waals surface area contributed by atoms with Crippen molar-refractivity contribution < 1.29 is 33.4 Å². The normalized spacial score (nSPS) is 20.4. The van der Waals surface area contributed by atoms with Crippen LogP contribution in [-0.2, 0) is 19.1 Å². The second-order valence-electron chi connectivity index (χ2n) is 8.14. The maximum Gasteiger partial charge on any atom is 0.326 e. The number of esters is 1. The zero-order valence-corrected chi connectivity index (χ0v) is 16.8. The molecule has 1 aromatic rings. The van der Waals surface area contributed by atoms with E-state index < -0.39 is 48.3 Å². The minimum Gasteiger partial charge on any atom is -0.454 e. The van der Waals surface area contributed by atoms with Gasteiger partial charge in [-0.1, -0.05) is 0 Å². The summed E-state index contributed by atoms with van der Waals surface area (Å²) in [6.07, 6.45) is 3.75. The van der Waals surface area contributed by atoms with Gasteiger partial charge in [-0.05, 0) is 38.8 Å². The van der Waals surface area contributed by atoms with Crippen molar-refractivity contribution in [3.8, 4) is 11.5 Å². The number of imide groups is 1. The Morgan fingerprint density at radius 1 is 1.17 bits per heavy atom. The maximum atomic E-state index is 12.1. The van der Waals surface area contributed by atoms with Gasteiger partial charge in [-0.15, -0.1) is 0 Å². The summed E-state index contributed by atoms with van der Waals surface area (Å²) in [7, 11) is 0. The molecule has 2 aliphatic heterocycles. The maximum absolute atomic E-state index is 12.1. The molecular weight excluding hydrogens is 394 g/mol. The number of urea groups is 1. The molecule has 2 fully saturated rings. The number of rotatable bonds is 5. The molecule has 1 saturated heterocycles. The molecule has 1 saturated carbocycles. The van der Waals surface area contributed by atoms with E-state index in [2.05, 4.69) is 10.6 Å². The van der Waals surface area contributed by atoms with E-state index in [9.17, 15) is 19.2 Å². The highest BCUT2D eigenvalue weighted by molar-refractivity contribution is 6.08. The van der Waals surface area contributed by atoms with E-state index in [0.717, 1.165) is 30.6 Å². The molecule has 0 aromatic heterocycles. The SMILES string of the molecule is CC1(C)NC(=O)N(CC(=O)OCC(=O)Nc2ccc3c(c2)OC2(CCCC2)O3)C1=O. The molecule has 3 aliphatic rings. The topological polar surface area (TPSA) is 123 Å². The molecule has 1 aliphatic carbocycles. The Kier molecular flexibility index (Phi) is 4.79. The van der Waals surface area contributed by atoms with Gasteiger partial charge in [0.15, 0.2) is 18.1 Å². The fraction of sp³-hybridized carbons (Fsp3) is 0.500. The Labute approximate surface area is 172 Å². The van der Waals surface area contributed by atoms with Gasteiger partial charge in [0.2, 0.25) is 0 Å². The predicted molar refractivity (Wildman–Crippen MR) is 103 cm³/mol. The highest BCUT2D eigenvalue weighted by Gasteiger charge is 2.45. The summed E-state index contributed by atoms with van der Waals surface area (Å²) in [5.74, 6) is -1.34. The summed E-state index contributed by atoms with van der Waals surface area (Å²) in [5.41, 5.74) is -0.602. The second kappa shape index (κ2) is 7.19. The molecule has 4 amide bonds. The monoisotopic (exact) mass is 417 g/mol. The lowest BCUT2D eigenvalue weighted by atomic mass is 10.1. The minimum absolute atomic E-state index is 0.476. The van der Waals surface area contributed by atoms with Crippen molar-refractivity contribution in [2.75, 3.05) is 18.5 Å². The van der Waals surface area contributed by atoms with Crippen molar-refractivity contribution in [1.29, 1.82) is 0 Å². The van der Waals surface area contributed by atoms with E-state index in [0.29, 0.717) is 17.2 Å². The van der Waals surface area contributed by atoms with Gasteiger partial charge in [0.05, 0.1) is 0 Å². The van der Waals surface area contributed by atoms with Gasteiger partial charge in [-0.25, -0.2) is 4.79 Å². The van der Waals surface area contributed by atoms with Crippen molar-refractivity contribution >= 4 is 29.5 Å². The highest BCUT2D eigenvalue weighted by atomic mass is 16.7. The fourth-order valence-electron chi connectivity index (χ4n) is 3.77. The molecule has 1 aromatic carbocycles. The van der Waals surface area contributed by atoms with Gasteiger partial charge in [0.1, 0.15) is 12.1 Å². The summed E-state index contributed by atoms with van der Waals surface area (Å²) in [6.45, 7) is 1.95. The summed E-state index contributed by atoms with van der Waals surface area (Å²) in [5, 5.41) is 5.08. The van der Waals surface area contributed by atoms with Gasteiger partial charge >= 0.3 is 12.0 Å². The van der Waals surface area contributed by atoms with Crippen LogP contribution >= 0.6 is 0 Å².